The molecule has 18 heavy (non-hydrogen) atoms. The molecule has 0 aliphatic rings. The molecular formula is C14H12F3N. The van der Waals surface area contributed by atoms with Crippen molar-refractivity contribution in [2.75, 3.05) is 7.05 Å². The zero-order valence-electron chi connectivity index (χ0n) is 9.81. The lowest BCUT2D eigenvalue weighted by molar-refractivity contribution is 0.449. The molecule has 4 heteroatoms. The third-order valence-electron chi connectivity index (χ3n) is 2.68. The lowest BCUT2D eigenvalue weighted by Crippen LogP contribution is -2.04. The first kappa shape index (κ1) is 12.6. The average Bonchev–Trinajstić information content (AvgIpc) is 2.38. The SMILES string of the molecule is CNCc1ccc(-c2ccc(F)c(F)c2F)cc1. The first-order valence-electron chi connectivity index (χ1n) is 5.51. The van der Waals surface area contributed by atoms with Crippen molar-refractivity contribution in [3.8, 4) is 11.1 Å². The number of hydrogen-bond acceptors (Lipinski definition) is 1. The number of nitrogens with one attached hydrogen (secondary N) is 1. The maximum Gasteiger partial charge on any atom is 0.195 e. The molecule has 94 valence electrons. The molecule has 0 radical (unpaired) electrons. The second-order valence-corrected chi connectivity index (χ2v) is 3.95. The van der Waals surface area contributed by atoms with Crippen LogP contribution in [0, 0.1) is 17.5 Å². The summed E-state index contributed by atoms with van der Waals surface area (Å²) in [5.74, 6) is -3.77. The van der Waals surface area contributed by atoms with Crippen LogP contribution in [0.4, 0.5) is 13.2 Å². The van der Waals surface area contributed by atoms with Crippen molar-refractivity contribution in [2.45, 2.75) is 6.54 Å². The van der Waals surface area contributed by atoms with Gasteiger partial charge in [0.25, 0.3) is 0 Å². The summed E-state index contributed by atoms with van der Waals surface area (Å²) < 4.78 is 39.5. The number of benzene rings is 2. The molecule has 0 saturated heterocycles. The summed E-state index contributed by atoms with van der Waals surface area (Å²) in [6, 6.07) is 9.15. The Bertz CT molecular complexity index is 550. The van der Waals surface area contributed by atoms with E-state index in [1.54, 1.807) is 12.1 Å². The second kappa shape index (κ2) is 5.23. The minimum absolute atomic E-state index is 0.0601. The first-order chi connectivity index (χ1) is 8.63. The summed E-state index contributed by atoms with van der Waals surface area (Å²) in [7, 11) is 1.82. The van der Waals surface area contributed by atoms with Gasteiger partial charge < -0.3 is 5.32 Å². The lowest BCUT2D eigenvalue weighted by atomic mass is 10.0. The number of hydrogen-bond donors (Lipinski definition) is 1. The molecular weight excluding hydrogens is 239 g/mol. The van der Waals surface area contributed by atoms with Gasteiger partial charge in [-0.1, -0.05) is 24.3 Å². The van der Waals surface area contributed by atoms with Gasteiger partial charge in [-0.2, -0.15) is 0 Å². The van der Waals surface area contributed by atoms with E-state index in [1.165, 1.54) is 6.07 Å². The predicted molar refractivity (Wildman–Crippen MR) is 64.5 cm³/mol. The molecule has 0 aliphatic heterocycles. The molecule has 0 amide bonds. The smallest absolute Gasteiger partial charge is 0.195 e. The third-order valence-corrected chi connectivity index (χ3v) is 2.68. The van der Waals surface area contributed by atoms with Crippen molar-refractivity contribution >= 4 is 0 Å². The third kappa shape index (κ3) is 2.38. The van der Waals surface area contributed by atoms with Crippen LogP contribution in [-0.2, 0) is 6.54 Å². The van der Waals surface area contributed by atoms with Crippen molar-refractivity contribution in [3.63, 3.8) is 0 Å². The fourth-order valence-corrected chi connectivity index (χ4v) is 1.76. The maximum atomic E-state index is 13.6. The zero-order valence-corrected chi connectivity index (χ0v) is 9.81. The van der Waals surface area contributed by atoms with Gasteiger partial charge in [0.1, 0.15) is 0 Å². The van der Waals surface area contributed by atoms with E-state index < -0.39 is 17.5 Å². The highest BCUT2D eigenvalue weighted by atomic mass is 19.2. The van der Waals surface area contributed by atoms with Crippen molar-refractivity contribution in [1.82, 2.24) is 5.32 Å². The molecule has 2 aromatic carbocycles. The minimum atomic E-state index is -1.44. The highest BCUT2D eigenvalue weighted by molar-refractivity contribution is 5.64. The van der Waals surface area contributed by atoms with E-state index in [9.17, 15) is 13.2 Å². The Morgan fingerprint density at radius 1 is 0.889 bits per heavy atom. The van der Waals surface area contributed by atoms with Crippen LogP contribution in [0.5, 0.6) is 0 Å². The normalized spacial score (nSPS) is 10.7. The Morgan fingerprint density at radius 3 is 2.17 bits per heavy atom. The molecule has 0 unspecified atom stereocenters. The summed E-state index contributed by atoms with van der Waals surface area (Å²) in [5, 5.41) is 2.99. The van der Waals surface area contributed by atoms with Crippen molar-refractivity contribution in [2.24, 2.45) is 0 Å². The highest BCUT2D eigenvalue weighted by Gasteiger charge is 2.14. The van der Waals surface area contributed by atoms with Gasteiger partial charge in [-0.3, -0.25) is 0 Å². The molecule has 2 aromatic rings. The molecule has 0 aromatic heterocycles. The van der Waals surface area contributed by atoms with E-state index >= 15 is 0 Å². The van der Waals surface area contributed by atoms with Gasteiger partial charge in [0, 0.05) is 12.1 Å². The average molecular weight is 251 g/mol. The summed E-state index contributed by atoms with van der Waals surface area (Å²) in [4.78, 5) is 0. The van der Waals surface area contributed by atoms with Crippen molar-refractivity contribution in [1.29, 1.82) is 0 Å². The van der Waals surface area contributed by atoms with Gasteiger partial charge in [0.05, 0.1) is 0 Å². The first-order valence-corrected chi connectivity index (χ1v) is 5.51. The largest absolute Gasteiger partial charge is 0.316 e. The molecule has 0 saturated carbocycles. The Labute approximate surface area is 103 Å². The quantitative estimate of drug-likeness (QED) is 0.823. The van der Waals surface area contributed by atoms with Crippen LogP contribution in [-0.4, -0.2) is 7.05 Å². The highest BCUT2D eigenvalue weighted by Crippen LogP contribution is 2.26. The van der Waals surface area contributed by atoms with Gasteiger partial charge in [-0.15, -0.1) is 0 Å². The molecule has 1 N–H and O–H groups in total. The van der Waals surface area contributed by atoms with Gasteiger partial charge in [0.15, 0.2) is 17.5 Å². The summed E-state index contributed by atoms with van der Waals surface area (Å²) in [6.45, 7) is 0.695. The number of halogens is 3. The van der Waals surface area contributed by atoms with Crippen LogP contribution in [0.1, 0.15) is 5.56 Å². The standard InChI is InChI=1S/C14H12F3N/c1-18-8-9-2-4-10(5-3-9)11-6-7-12(15)14(17)13(11)16/h2-7,18H,8H2,1H3. The zero-order chi connectivity index (χ0) is 13.1. The van der Waals surface area contributed by atoms with Crippen molar-refractivity contribution < 1.29 is 13.2 Å². The van der Waals surface area contributed by atoms with E-state index in [2.05, 4.69) is 5.32 Å². The van der Waals surface area contributed by atoms with Crippen LogP contribution < -0.4 is 5.32 Å². The lowest BCUT2D eigenvalue weighted by Gasteiger charge is -2.06. The minimum Gasteiger partial charge on any atom is -0.316 e. The monoisotopic (exact) mass is 251 g/mol. The van der Waals surface area contributed by atoms with Gasteiger partial charge >= 0.3 is 0 Å². The van der Waals surface area contributed by atoms with Gasteiger partial charge in [0.2, 0.25) is 0 Å². The van der Waals surface area contributed by atoms with Crippen molar-refractivity contribution in [3.05, 3.63) is 59.4 Å². The summed E-state index contributed by atoms with van der Waals surface area (Å²) >= 11 is 0. The maximum absolute atomic E-state index is 13.6. The van der Waals surface area contributed by atoms with E-state index in [1.807, 2.05) is 19.2 Å². The van der Waals surface area contributed by atoms with Crippen LogP contribution in [0.15, 0.2) is 36.4 Å². The fraction of sp³-hybridized carbons (Fsp3) is 0.143. The molecule has 0 atom stereocenters. The van der Waals surface area contributed by atoms with Gasteiger partial charge in [-0.25, -0.2) is 13.2 Å². The number of rotatable bonds is 3. The molecule has 1 nitrogen and oxygen atoms in total. The summed E-state index contributed by atoms with van der Waals surface area (Å²) in [6.07, 6.45) is 0. The van der Waals surface area contributed by atoms with Crippen LogP contribution in [0.25, 0.3) is 11.1 Å². The van der Waals surface area contributed by atoms with E-state index in [4.69, 9.17) is 0 Å². The summed E-state index contributed by atoms with van der Waals surface area (Å²) in [5.41, 5.74) is 1.61. The topological polar surface area (TPSA) is 12.0 Å². The van der Waals surface area contributed by atoms with Crippen LogP contribution in [0.3, 0.4) is 0 Å². The second-order valence-electron chi connectivity index (χ2n) is 3.95. The Hall–Kier alpha value is -1.81. The van der Waals surface area contributed by atoms with E-state index in [-0.39, 0.29) is 5.56 Å². The predicted octanol–water partition coefficient (Wildman–Crippen LogP) is 3.49. The van der Waals surface area contributed by atoms with E-state index in [0.29, 0.717) is 12.1 Å². The molecule has 0 spiro atoms. The Kier molecular flexibility index (Phi) is 3.67. The van der Waals surface area contributed by atoms with E-state index in [0.717, 1.165) is 11.6 Å². The molecule has 0 fully saturated rings. The molecule has 0 bridgehead atoms. The van der Waals surface area contributed by atoms with Crippen LogP contribution in [0.2, 0.25) is 0 Å². The fourth-order valence-electron chi connectivity index (χ4n) is 1.76. The van der Waals surface area contributed by atoms with Crippen LogP contribution >= 0.6 is 0 Å². The van der Waals surface area contributed by atoms with Gasteiger partial charge in [-0.05, 0) is 30.3 Å². The Balaban J connectivity index is 2.40. The Morgan fingerprint density at radius 2 is 1.56 bits per heavy atom. The molecule has 2 rings (SSSR count). The molecule has 0 heterocycles. The molecule has 0 aliphatic carbocycles.